The summed E-state index contributed by atoms with van der Waals surface area (Å²) in [5.41, 5.74) is 8.50. The van der Waals surface area contributed by atoms with Crippen LogP contribution in [-0.4, -0.2) is 24.0 Å². The van der Waals surface area contributed by atoms with E-state index in [-0.39, 0.29) is 23.3 Å². The Balaban J connectivity index is 1.78. The molecule has 0 atom stereocenters. The average Bonchev–Trinajstić information content (AvgIpc) is 2.91. The predicted octanol–water partition coefficient (Wildman–Crippen LogP) is 6.20. The number of Topliss-reactive ketones (excluding diaryl/α,β-unsaturated/α-hetero) is 1. The van der Waals surface area contributed by atoms with E-state index in [9.17, 15) is 14.4 Å². The highest BCUT2D eigenvalue weighted by atomic mass is 16.5. The van der Waals surface area contributed by atoms with Gasteiger partial charge < -0.3 is 15.8 Å². The zero-order valence-corrected chi connectivity index (χ0v) is 21.3. The number of nitrogen functional groups attached to an aromatic ring is 1. The first-order valence-electron chi connectivity index (χ1n) is 12.3. The molecule has 0 saturated heterocycles. The van der Waals surface area contributed by atoms with E-state index in [4.69, 9.17) is 15.9 Å². The molecule has 4 rings (SSSR count). The van der Waals surface area contributed by atoms with E-state index in [1.165, 1.54) is 0 Å². The number of ketones is 1. The van der Waals surface area contributed by atoms with Gasteiger partial charge in [-0.3, -0.25) is 19.8 Å². The molecule has 0 heterocycles. The maximum atomic E-state index is 13.5. The maximum absolute atomic E-state index is 13.5. The van der Waals surface area contributed by atoms with E-state index in [1.54, 1.807) is 48.5 Å². The molecule has 1 amide bonds. The number of hydrogen-bond acceptors (Lipinski definition) is 5. The van der Waals surface area contributed by atoms with E-state index < -0.39 is 0 Å². The number of hydrogen-bond donors (Lipinski definition) is 3. The molecule has 0 aliphatic heterocycles. The number of anilines is 1. The lowest BCUT2D eigenvalue weighted by atomic mass is 9.92. The van der Waals surface area contributed by atoms with Gasteiger partial charge in [-0.25, -0.2) is 0 Å². The fourth-order valence-electron chi connectivity index (χ4n) is 4.21. The Bertz CT molecular complexity index is 1520. The molecule has 0 bridgehead atoms. The van der Waals surface area contributed by atoms with Gasteiger partial charge in [0, 0.05) is 34.4 Å². The number of amides is 1. The molecule has 38 heavy (non-hydrogen) atoms. The third kappa shape index (κ3) is 5.95. The lowest BCUT2D eigenvalue weighted by Crippen LogP contribution is -2.14. The van der Waals surface area contributed by atoms with Crippen LogP contribution in [0.15, 0.2) is 78.9 Å². The smallest absolute Gasteiger partial charge is 0.298 e. The molecular weight excluding hydrogens is 478 g/mol. The quantitative estimate of drug-likeness (QED) is 0.102. The number of carbonyl (C=O) groups is 3. The lowest BCUT2D eigenvalue weighted by molar-refractivity contribution is -0.120. The second-order valence-electron chi connectivity index (χ2n) is 9.47. The van der Waals surface area contributed by atoms with Crippen LogP contribution in [0.5, 0.6) is 5.75 Å². The number of carbonyl (C=O) groups excluding carboxylic acids is 3. The van der Waals surface area contributed by atoms with Crippen molar-refractivity contribution in [3.63, 3.8) is 0 Å². The third-order valence-corrected chi connectivity index (χ3v) is 6.30. The molecule has 7 nitrogen and oxygen atoms in total. The molecule has 4 N–H and O–H groups in total. The lowest BCUT2D eigenvalue weighted by Gasteiger charge is -2.16. The van der Waals surface area contributed by atoms with Crippen LogP contribution < -0.4 is 15.8 Å². The molecule has 0 radical (unpaired) electrons. The van der Waals surface area contributed by atoms with Crippen molar-refractivity contribution in [2.75, 3.05) is 5.32 Å². The Hall–Kier alpha value is -4.78. The Morgan fingerprint density at radius 3 is 2.21 bits per heavy atom. The molecule has 192 valence electrons. The van der Waals surface area contributed by atoms with Crippen LogP contribution in [0, 0.1) is 11.3 Å². The highest BCUT2D eigenvalue weighted by Gasteiger charge is 2.20. The molecule has 0 aliphatic carbocycles. The number of nitrogens with one attached hydrogen (secondary N) is 2. The van der Waals surface area contributed by atoms with Crippen molar-refractivity contribution in [1.82, 2.24) is 0 Å². The Morgan fingerprint density at radius 1 is 0.921 bits per heavy atom. The van der Waals surface area contributed by atoms with Crippen molar-refractivity contribution in [2.24, 2.45) is 11.7 Å². The summed E-state index contributed by atoms with van der Waals surface area (Å²) in [6.45, 7) is 4.43. The van der Waals surface area contributed by atoms with Crippen LogP contribution in [-0.2, 0) is 4.79 Å². The number of fused-ring (bicyclic) bond motifs is 1. The minimum Gasteiger partial charge on any atom is -0.428 e. The first-order valence-corrected chi connectivity index (χ1v) is 12.3. The van der Waals surface area contributed by atoms with E-state index in [0.717, 1.165) is 17.2 Å². The Morgan fingerprint density at radius 2 is 1.58 bits per heavy atom. The topological polar surface area (TPSA) is 122 Å². The van der Waals surface area contributed by atoms with Gasteiger partial charge in [-0.05, 0) is 77.2 Å². The second-order valence-corrected chi connectivity index (χ2v) is 9.47. The van der Waals surface area contributed by atoms with Gasteiger partial charge in [0.15, 0.2) is 5.78 Å². The minimum absolute atomic E-state index is 0.0357. The fraction of sp³-hybridized carbons (Fsp3) is 0.161. The highest BCUT2D eigenvalue weighted by molar-refractivity contribution is 6.12. The van der Waals surface area contributed by atoms with Gasteiger partial charge in [0.05, 0.1) is 0 Å². The van der Waals surface area contributed by atoms with Gasteiger partial charge in [0.1, 0.15) is 11.6 Å². The summed E-state index contributed by atoms with van der Waals surface area (Å²) in [4.78, 5) is 37.7. The summed E-state index contributed by atoms with van der Waals surface area (Å²) < 4.78 is 5.31. The van der Waals surface area contributed by atoms with Gasteiger partial charge in [-0.1, -0.05) is 44.2 Å². The first kappa shape index (κ1) is 26.3. The Labute approximate surface area is 221 Å². The maximum Gasteiger partial charge on any atom is 0.298 e. The molecule has 0 fully saturated rings. The fourth-order valence-corrected chi connectivity index (χ4v) is 4.21. The first-order chi connectivity index (χ1) is 18.3. The largest absolute Gasteiger partial charge is 0.428 e. The van der Waals surface area contributed by atoms with Crippen LogP contribution in [0.1, 0.15) is 53.0 Å². The van der Waals surface area contributed by atoms with Crippen molar-refractivity contribution in [2.45, 2.75) is 26.7 Å². The van der Waals surface area contributed by atoms with Crippen LogP contribution in [0.4, 0.5) is 5.69 Å². The minimum atomic E-state index is -0.365. The molecule has 4 aromatic rings. The van der Waals surface area contributed by atoms with E-state index in [0.29, 0.717) is 52.3 Å². The molecule has 0 aliphatic rings. The summed E-state index contributed by atoms with van der Waals surface area (Å²) in [6.07, 6.45) is 1.15. The summed E-state index contributed by atoms with van der Waals surface area (Å²) in [6, 6.07) is 22.9. The highest BCUT2D eigenvalue weighted by Crippen LogP contribution is 2.36. The van der Waals surface area contributed by atoms with Crippen LogP contribution in [0.25, 0.3) is 21.9 Å². The number of rotatable bonds is 10. The zero-order valence-electron chi connectivity index (χ0n) is 21.3. The molecule has 7 heteroatoms. The average molecular weight is 508 g/mol. The van der Waals surface area contributed by atoms with Crippen LogP contribution in [0.2, 0.25) is 0 Å². The summed E-state index contributed by atoms with van der Waals surface area (Å²) in [7, 11) is 0. The van der Waals surface area contributed by atoms with Crippen molar-refractivity contribution in [3.05, 3.63) is 95.6 Å². The van der Waals surface area contributed by atoms with Crippen molar-refractivity contribution in [3.8, 4) is 16.9 Å². The number of amidine groups is 1. The van der Waals surface area contributed by atoms with Gasteiger partial charge in [0.2, 0.25) is 0 Å². The summed E-state index contributed by atoms with van der Waals surface area (Å²) >= 11 is 0. The van der Waals surface area contributed by atoms with Crippen molar-refractivity contribution < 1.29 is 19.1 Å². The molecule has 4 aromatic carbocycles. The van der Waals surface area contributed by atoms with Crippen LogP contribution >= 0.6 is 0 Å². The van der Waals surface area contributed by atoms with Crippen molar-refractivity contribution in [1.29, 1.82) is 5.41 Å². The van der Waals surface area contributed by atoms with E-state index in [2.05, 4.69) is 19.2 Å². The van der Waals surface area contributed by atoms with Gasteiger partial charge in [-0.2, -0.15) is 0 Å². The van der Waals surface area contributed by atoms with Crippen molar-refractivity contribution >= 4 is 40.5 Å². The number of ether oxygens (including phenoxy) is 1. The van der Waals surface area contributed by atoms with Gasteiger partial charge >= 0.3 is 0 Å². The molecule has 0 saturated carbocycles. The van der Waals surface area contributed by atoms with Gasteiger partial charge in [0.25, 0.3) is 12.4 Å². The third-order valence-electron chi connectivity index (χ3n) is 6.30. The predicted molar refractivity (Wildman–Crippen MR) is 150 cm³/mol. The molecule has 0 spiro atoms. The SMILES string of the molecule is CC(C)CCC(=O)c1ccc(-c2cc3ccccc3cc2C(=O)Nc2ccc(C(=N)N)cc2)c(OC=O)c1. The summed E-state index contributed by atoms with van der Waals surface area (Å²) in [5.74, 6) is 0.127. The van der Waals surface area contributed by atoms with E-state index in [1.807, 2.05) is 30.3 Å². The number of benzene rings is 4. The normalized spacial score (nSPS) is 10.8. The zero-order chi connectivity index (χ0) is 27.2. The van der Waals surface area contributed by atoms with Crippen LogP contribution in [0.3, 0.4) is 0 Å². The number of nitrogens with two attached hydrogens (primary N) is 1. The van der Waals surface area contributed by atoms with E-state index >= 15 is 0 Å². The van der Waals surface area contributed by atoms with Gasteiger partial charge in [-0.15, -0.1) is 0 Å². The Kier molecular flexibility index (Phi) is 7.97. The molecule has 0 unspecified atom stereocenters. The summed E-state index contributed by atoms with van der Waals surface area (Å²) in [5, 5.41) is 12.2. The second kappa shape index (κ2) is 11.5. The molecule has 0 aromatic heterocycles. The standard InChI is InChI=1S/C31H29N3O4/c1-19(2)7-14-28(36)23-10-13-25(29(17-23)38-18-35)26-15-21-5-3-4-6-22(21)16-27(26)31(37)34-24-11-8-20(9-12-24)30(32)33/h3-6,8-13,15-19H,7,14H2,1-2H3,(H3,32,33)(H,34,37). The monoisotopic (exact) mass is 507 g/mol. The molecular formula is C31H29N3O4.